The van der Waals surface area contributed by atoms with E-state index in [-0.39, 0.29) is 11.7 Å². The highest BCUT2D eigenvalue weighted by Crippen LogP contribution is 2.36. The van der Waals surface area contributed by atoms with Crippen molar-refractivity contribution in [2.24, 2.45) is 16.6 Å². The summed E-state index contributed by atoms with van der Waals surface area (Å²) in [5.74, 6) is -0.731. The van der Waals surface area contributed by atoms with E-state index in [0.29, 0.717) is 5.57 Å². The first-order valence-corrected chi connectivity index (χ1v) is 5.69. The molecule has 0 aromatic heterocycles. The topological polar surface area (TPSA) is 95.2 Å². The number of nitriles is 2. The largest absolute Gasteiger partial charge is 0.483 e. The zero-order chi connectivity index (χ0) is 13.8. The second kappa shape index (κ2) is 5.24. The van der Waals surface area contributed by atoms with Gasteiger partial charge in [-0.2, -0.15) is 15.5 Å². The number of aliphatic imine (C=N–C) groups is 1. The second-order valence-corrected chi connectivity index (χ2v) is 4.06. The van der Waals surface area contributed by atoms with Crippen LogP contribution in [0.25, 0.3) is 0 Å². The van der Waals surface area contributed by atoms with Crippen LogP contribution in [-0.4, -0.2) is 13.0 Å². The molecule has 5 heteroatoms. The summed E-state index contributed by atoms with van der Waals surface area (Å²) < 4.78 is 5.11. The van der Waals surface area contributed by atoms with Gasteiger partial charge < -0.3 is 10.5 Å². The fourth-order valence-corrected chi connectivity index (χ4v) is 2.17. The van der Waals surface area contributed by atoms with E-state index in [1.54, 1.807) is 0 Å². The van der Waals surface area contributed by atoms with Gasteiger partial charge in [0, 0.05) is 5.92 Å². The van der Waals surface area contributed by atoms with Crippen molar-refractivity contribution in [1.29, 1.82) is 10.5 Å². The van der Waals surface area contributed by atoms with Crippen molar-refractivity contribution >= 4 is 5.90 Å². The number of nitrogens with two attached hydrogens (primary N) is 1. The van der Waals surface area contributed by atoms with Crippen molar-refractivity contribution in [2.75, 3.05) is 7.11 Å². The molecular weight excluding hydrogens is 240 g/mol. The third kappa shape index (κ3) is 2.14. The number of rotatable bonds is 1. The summed E-state index contributed by atoms with van der Waals surface area (Å²) >= 11 is 0. The van der Waals surface area contributed by atoms with Crippen LogP contribution in [0.2, 0.25) is 0 Å². The van der Waals surface area contributed by atoms with E-state index in [4.69, 9.17) is 10.5 Å². The lowest BCUT2D eigenvalue weighted by Gasteiger charge is -2.26. The normalized spacial score (nSPS) is 22.2. The molecule has 19 heavy (non-hydrogen) atoms. The van der Waals surface area contributed by atoms with Gasteiger partial charge in [-0.15, -0.1) is 0 Å². The van der Waals surface area contributed by atoms with E-state index >= 15 is 0 Å². The molecule has 1 aliphatic heterocycles. The minimum Gasteiger partial charge on any atom is -0.483 e. The zero-order valence-corrected chi connectivity index (χ0v) is 10.4. The first kappa shape index (κ1) is 12.7. The Morgan fingerprint density at radius 2 is 1.95 bits per heavy atom. The first-order valence-electron chi connectivity index (χ1n) is 5.69. The van der Waals surface area contributed by atoms with E-state index in [2.05, 4.69) is 17.1 Å². The zero-order valence-electron chi connectivity index (χ0n) is 10.4. The molecule has 1 aliphatic rings. The molecule has 2 rings (SSSR count). The molecule has 2 atom stereocenters. The van der Waals surface area contributed by atoms with E-state index < -0.39 is 11.8 Å². The molecule has 0 saturated carbocycles. The minimum atomic E-state index is -0.644. The van der Waals surface area contributed by atoms with E-state index in [1.807, 2.05) is 30.3 Å². The Bertz CT molecular complexity index is 619. The summed E-state index contributed by atoms with van der Waals surface area (Å²) in [5.41, 5.74) is 6.93. The van der Waals surface area contributed by atoms with Gasteiger partial charge in [-0.25, -0.2) is 0 Å². The van der Waals surface area contributed by atoms with E-state index in [1.165, 1.54) is 7.11 Å². The fourth-order valence-electron chi connectivity index (χ4n) is 2.17. The summed E-state index contributed by atoms with van der Waals surface area (Å²) in [7, 11) is 1.44. The Balaban J connectivity index is 2.60. The lowest BCUT2D eigenvalue weighted by atomic mass is 9.79. The van der Waals surface area contributed by atoms with Crippen molar-refractivity contribution in [1.82, 2.24) is 0 Å². The number of nitrogens with zero attached hydrogens (tertiary/aromatic N) is 3. The maximum absolute atomic E-state index is 9.34. The Hall–Kier alpha value is -2.79. The Morgan fingerprint density at radius 1 is 1.26 bits per heavy atom. The number of benzene rings is 1. The number of methoxy groups -OCH3 is 1. The molecule has 0 radical (unpaired) electrons. The molecule has 2 unspecified atom stereocenters. The maximum Gasteiger partial charge on any atom is 0.208 e. The minimum absolute atomic E-state index is 0.111. The predicted octanol–water partition coefficient (Wildman–Crippen LogP) is 1.66. The van der Waals surface area contributed by atoms with Crippen molar-refractivity contribution in [2.45, 2.75) is 5.92 Å². The molecule has 1 heterocycles. The van der Waals surface area contributed by atoms with Crippen molar-refractivity contribution in [3.8, 4) is 12.1 Å². The molecule has 0 amide bonds. The van der Waals surface area contributed by atoms with Crippen LogP contribution in [0.1, 0.15) is 11.5 Å². The second-order valence-electron chi connectivity index (χ2n) is 4.06. The van der Waals surface area contributed by atoms with Crippen LogP contribution in [0, 0.1) is 28.6 Å². The Kier molecular flexibility index (Phi) is 3.49. The van der Waals surface area contributed by atoms with Crippen molar-refractivity contribution in [3.05, 3.63) is 47.3 Å². The van der Waals surface area contributed by atoms with Gasteiger partial charge in [0.25, 0.3) is 0 Å². The number of hydrogen-bond acceptors (Lipinski definition) is 5. The molecule has 0 spiro atoms. The summed E-state index contributed by atoms with van der Waals surface area (Å²) in [5, 5.41) is 18.6. The van der Waals surface area contributed by atoms with Gasteiger partial charge in [0.05, 0.1) is 24.8 Å². The van der Waals surface area contributed by atoms with Crippen LogP contribution in [0.15, 0.2) is 46.7 Å². The van der Waals surface area contributed by atoms with Crippen LogP contribution < -0.4 is 5.73 Å². The van der Waals surface area contributed by atoms with Gasteiger partial charge in [-0.05, 0) is 5.56 Å². The Morgan fingerprint density at radius 3 is 2.47 bits per heavy atom. The monoisotopic (exact) mass is 252 g/mol. The SMILES string of the molecule is COC1=NC(N)=C(C#N)C(c2ccccc2)C1C#N. The molecule has 1 aromatic rings. The average Bonchev–Trinajstić information content (AvgIpc) is 2.46. The van der Waals surface area contributed by atoms with Crippen LogP contribution in [0.5, 0.6) is 0 Å². The lowest BCUT2D eigenvalue weighted by molar-refractivity contribution is 0.368. The van der Waals surface area contributed by atoms with E-state index in [9.17, 15) is 10.5 Å². The summed E-state index contributed by atoms with van der Waals surface area (Å²) in [6.45, 7) is 0. The highest BCUT2D eigenvalue weighted by molar-refractivity contribution is 5.85. The van der Waals surface area contributed by atoms with Gasteiger partial charge in [0.1, 0.15) is 11.7 Å². The summed E-state index contributed by atoms with van der Waals surface area (Å²) in [4.78, 5) is 3.99. The third-order valence-electron chi connectivity index (χ3n) is 3.04. The van der Waals surface area contributed by atoms with E-state index in [0.717, 1.165) is 5.56 Å². The molecule has 0 aliphatic carbocycles. The molecule has 94 valence electrons. The van der Waals surface area contributed by atoms with Crippen molar-refractivity contribution < 1.29 is 4.74 Å². The quantitative estimate of drug-likeness (QED) is 0.822. The molecule has 0 fully saturated rings. The fraction of sp³-hybridized carbons (Fsp3) is 0.214. The van der Waals surface area contributed by atoms with Crippen LogP contribution in [0.4, 0.5) is 0 Å². The number of hydrogen-bond donors (Lipinski definition) is 1. The standard InChI is InChI=1S/C14H12N4O/c1-19-14-11(8-16)12(9-5-3-2-4-6-9)10(7-15)13(17)18-14/h2-6,11-12H,17H2,1H3. The molecule has 0 saturated heterocycles. The Labute approximate surface area is 111 Å². The number of ether oxygens (including phenoxy) is 1. The van der Waals surface area contributed by atoms with Crippen LogP contribution in [0.3, 0.4) is 0 Å². The number of allylic oxidation sites excluding steroid dienone is 1. The third-order valence-corrected chi connectivity index (χ3v) is 3.04. The average molecular weight is 252 g/mol. The van der Waals surface area contributed by atoms with Gasteiger partial charge in [-0.3, -0.25) is 0 Å². The molecular formula is C14H12N4O. The molecule has 2 N–H and O–H groups in total. The summed E-state index contributed by atoms with van der Waals surface area (Å²) in [6.07, 6.45) is 0. The predicted molar refractivity (Wildman–Crippen MR) is 69.6 cm³/mol. The van der Waals surface area contributed by atoms with Gasteiger partial charge >= 0.3 is 0 Å². The van der Waals surface area contributed by atoms with Crippen LogP contribution >= 0.6 is 0 Å². The van der Waals surface area contributed by atoms with Crippen LogP contribution in [-0.2, 0) is 4.74 Å². The highest BCUT2D eigenvalue weighted by Gasteiger charge is 2.37. The molecule has 5 nitrogen and oxygen atoms in total. The maximum atomic E-state index is 9.34. The highest BCUT2D eigenvalue weighted by atomic mass is 16.5. The van der Waals surface area contributed by atoms with Gasteiger partial charge in [0.15, 0.2) is 0 Å². The van der Waals surface area contributed by atoms with Gasteiger partial charge in [0.2, 0.25) is 5.90 Å². The first-order chi connectivity index (χ1) is 9.22. The summed E-state index contributed by atoms with van der Waals surface area (Å²) in [6, 6.07) is 13.5. The lowest BCUT2D eigenvalue weighted by Crippen LogP contribution is -2.29. The smallest absolute Gasteiger partial charge is 0.208 e. The van der Waals surface area contributed by atoms with Gasteiger partial charge in [-0.1, -0.05) is 30.3 Å². The van der Waals surface area contributed by atoms with Crippen molar-refractivity contribution in [3.63, 3.8) is 0 Å². The molecule has 0 bridgehead atoms. The molecule has 1 aromatic carbocycles.